The number of hydrogen-bond acceptors (Lipinski definition) is 5. The molecular weight excluding hydrogens is 298 g/mol. The second-order valence-corrected chi connectivity index (χ2v) is 5.44. The summed E-state index contributed by atoms with van der Waals surface area (Å²) < 4.78 is 10.4. The Labute approximate surface area is 136 Å². The Morgan fingerprint density at radius 1 is 1.17 bits per heavy atom. The third kappa shape index (κ3) is 5.78. The number of methoxy groups -OCH3 is 2. The first-order valence-electron chi connectivity index (χ1n) is 7.40. The molecule has 7 nitrogen and oxygen atoms in total. The first-order valence-corrected chi connectivity index (χ1v) is 7.40. The van der Waals surface area contributed by atoms with Crippen LogP contribution in [-0.2, 0) is 16.1 Å². The van der Waals surface area contributed by atoms with Gasteiger partial charge in [-0.3, -0.25) is 9.59 Å². The van der Waals surface area contributed by atoms with Crippen LogP contribution < -0.4 is 25.8 Å². The van der Waals surface area contributed by atoms with E-state index in [1.54, 1.807) is 26.4 Å². The van der Waals surface area contributed by atoms with Gasteiger partial charge in [0.15, 0.2) is 0 Å². The maximum Gasteiger partial charge on any atom is 0.239 e. The van der Waals surface area contributed by atoms with E-state index in [1.165, 1.54) is 0 Å². The molecule has 7 heteroatoms. The van der Waals surface area contributed by atoms with Crippen LogP contribution in [0.2, 0.25) is 0 Å². The molecule has 0 aliphatic rings. The molecule has 0 radical (unpaired) electrons. The third-order valence-corrected chi connectivity index (χ3v) is 3.41. The van der Waals surface area contributed by atoms with Crippen molar-refractivity contribution in [3.63, 3.8) is 0 Å². The van der Waals surface area contributed by atoms with Crippen molar-refractivity contribution in [2.45, 2.75) is 26.4 Å². The normalized spacial score (nSPS) is 11.7. The zero-order valence-electron chi connectivity index (χ0n) is 14.0. The summed E-state index contributed by atoms with van der Waals surface area (Å²) in [6.45, 7) is 3.87. The van der Waals surface area contributed by atoms with Crippen molar-refractivity contribution in [2.75, 3.05) is 20.8 Å². The van der Waals surface area contributed by atoms with Crippen LogP contribution >= 0.6 is 0 Å². The van der Waals surface area contributed by atoms with E-state index in [-0.39, 0.29) is 30.8 Å². The van der Waals surface area contributed by atoms with Crippen molar-refractivity contribution < 1.29 is 19.1 Å². The van der Waals surface area contributed by atoms with E-state index in [1.807, 2.05) is 19.9 Å². The van der Waals surface area contributed by atoms with Crippen LogP contribution in [-0.4, -0.2) is 38.6 Å². The number of rotatable bonds is 8. The first-order chi connectivity index (χ1) is 10.9. The lowest BCUT2D eigenvalue weighted by molar-refractivity contribution is -0.127. The molecule has 0 bridgehead atoms. The van der Waals surface area contributed by atoms with Gasteiger partial charge in [-0.2, -0.15) is 0 Å². The highest BCUT2D eigenvalue weighted by Crippen LogP contribution is 2.24. The van der Waals surface area contributed by atoms with E-state index in [9.17, 15) is 9.59 Å². The quantitative estimate of drug-likeness (QED) is 0.643. The lowest BCUT2D eigenvalue weighted by atomic mass is 10.1. The average Bonchev–Trinajstić information content (AvgIpc) is 2.56. The van der Waals surface area contributed by atoms with E-state index in [2.05, 4.69) is 10.6 Å². The molecule has 0 aliphatic heterocycles. The van der Waals surface area contributed by atoms with Gasteiger partial charge in [0.1, 0.15) is 11.5 Å². The summed E-state index contributed by atoms with van der Waals surface area (Å²) in [6.07, 6.45) is 0. The predicted molar refractivity (Wildman–Crippen MR) is 87.2 cm³/mol. The van der Waals surface area contributed by atoms with Gasteiger partial charge in [0, 0.05) is 18.2 Å². The van der Waals surface area contributed by atoms with Gasteiger partial charge in [-0.25, -0.2) is 0 Å². The summed E-state index contributed by atoms with van der Waals surface area (Å²) >= 11 is 0. The van der Waals surface area contributed by atoms with E-state index in [4.69, 9.17) is 15.2 Å². The Balaban J connectivity index is 2.49. The number of amides is 2. The van der Waals surface area contributed by atoms with Crippen LogP contribution in [0, 0.1) is 5.92 Å². The highest BCUT2D eigenvalue weighted by Gasteiger charge is 2.17. The minimum Gasteiger partial charge on any atom is -0.497 e. The Morgan fingerprint density at radius 2 is 1.87 bits per heavy atom. The maximum absolute atomic E-state index is 11.8. The summed E-state index contributed by atoms with van der Waals surface area (Å²) in [4.78, 5) is 23.5. The minimum atomic E-state index is -0.621. The Kier molecular flexibility index (Phi) is 7.34. The fraction of sp³-hybridized carbons (Fsp3) is 0.500. The number of carbonyl (C=O) groups is 2. The fourth-order valence-electron chi connectivity index (χ4n) is 1.84. The number of nitrogens with two attached hydrogens (primary N) is 1. The molecule has 4 N–H and O–H groups in total. The molecule has 1 rings (SSSR count). The first kappa shape index (κ1) is 18.8. The van der Waals surface area contributed by atoms with Gasteiger partial charge in [-0.05, 0) is 18.1 Å². The highest BCUT2D eigenvalue weighted by molar-refractivity contribution is 5.87. The fourth-order valence-corrected chi connectivity index (χ4v) is 1.84. The van der Waals surface area contributed by atoms with Gasteiger partial charge in [0.2, 0.25) is 11.8 Å². The van der Waals surface area contributed by atoms with Crippen molar-refractivity contribution in [2.24, 2.45) is 11.7 Å². The largest absolute Gasteiger partial charge is 0.497 e. The van der Waals surface area contributed by atoms with Crippen molar-refractivity contribution in [3.05, 3.63) is 23.8 Å². The summed E-state index contributed by atoms with van der Waals surface area (Å²) in [5, 5.41) is 5.24. The lowest BCUT2D eigenvalue weighted by Crippen LogP contribution is -2.47. The van der Waals surface area contributed by atoms with E-state index in [0.717, 1.165) is 5.56 Å². The molecule has 0 unspecified atom stereocenters. The van der Waals surface area contributed by atoms with Crippen molar-refractivity contribution in [3.8, 4) is 11.5 Å². The predicted octanol–water partition coefficient (Wildman–Crippen LogP) is 0.420. The average molecular weight is 323 g/mol. The van der Waals surface area contributed by atoms with Gasteiger partial charge in [0.25, 0.3) is 0 Å². The molecule has 1 atom stereocenters. The number of carbonyl (C=O) groups excluding carboxylic acids is 2. The number of hydrogen-bond donors (Lipinski definition) is 3. The van der Waals surface area contributed by atoms with Crippen LogP contribution in [0.1, 0.15) is 19.4 Å². The molecule has 0 saturated carbocycles. The molecule has 0 aliphatic carbocycles. The van der Waals surface area contributed by atoms with Crippen molar-refractivity contribution in [1.29, 1.82) is 0 Å². The molecule has 2 amide bonds. The van der Waals surface area contributed by atoms with Gasteiger partial charge in [0.05, 0.1) is 26.8 Å². The minimum absolute atomic E-state index is 0.0154. The SMILES string of the molecule is COc1ccc(CNC(=O)CNC(=O)[C@@H](N)C(C)C)c(OC)c1. The number of nitrogens with one attached hydrogen (secondary N) is 2. The Hall–Kier alpha value is -2.28. The smallest absolute Gasteiger partial charge is 0.239 e. The zero-order valence-corrected chi connectivity index (χ0v) is 14.0. The zero-order chi connectivity index (χ0) is 17.4. The number of benzene rings is 1. The summed E-state index contributed by atoms with van der Waals surface area (Å²) in [6, 6.07) is 4.72. The molecule has 0 saturated heterocycles. The second kappa shape index (κ2) is 8.99. The van der Waals surface area contributed by atoms with Crippen LogP contribution in [0.3, 0.4) is 0 Å². The molecule has 0 spiro atoms. The van der Waals surface area contributed by atoms with Crippen LogP contribution in [0.5, 0.6) is 11.5 Å². The molecule has 1 aromatic carbocycles. The Morgan fingerprint density at radius 3 is 2.43 bits per heavy atom. The number of ether oxygens (including phenoxy) is 2. The standard InChI is InChI=1S/C16H25N3O4/c1-10(2)15(17)16(21)19-9-14(20)18-8-11-5-6-12(22-3)7-13(11)23-4/h5-7,10,15H,8-9,17H2,1-4H3,(H,18,20)(H,19,21)/t15-/m0/s1. The molecule has 1 aromatic rings. The molecule has 0 fully saturated rings. The molecular formula is C16H25N3O4. The van der Waals surface area contributed by atoms with Gasteiger partial charge in [-0.15, -0.1) is 0 Å². The van der Waals surface area contributed by atoms with E-state index in [0.29, 0.717) is 11.5 Å². The lowest BCUT2D eigenvalue weighted by Gasteiger charge is -2.15. The Bertz CT molecular complexity index is 546. The van der Waals surface area contributed by atoms with E-state index < -0.39 is 6.04 Å². The third-order valence-electron chi connectivity index (χ3n) is 3.41. The van der Waals surface area contributed by atoms with Gasteiger partial charge >= 0.3 is 0 Å². The van der Waals surface area contributed by atoms with Crippen molar-refractivity contribution in [1.82, 2.24) is 10.6 Å². The molecule has 128 valence electrons. The van der Waals surface area contributed by atoms with Gasteiger partial charge in [-0.1, -0.05) is 13.8 Å². The van der Waals surface area contributed by atoms with E-state index >= 15 is 0 Å². The van der Waals surface area contributed by atoms with Crippen molar-refractivity contribution >= 4 is 11.8 Å². The topological polar surface area (TPSA) is 103 Å². The van der Waals surface area contributed by atoms with Crippen LogP contribution in [0.4, 0.5) is 0 Å². The second-order valence-electron chi connectivity index (χ2n) is 5.44. The van der Waals surface area contributed by atoms with Crippen LogP contribution in [0.25, 0.3) is 0 Å². The summed E-state index contributed by atoms with van der Waals surface area (Å²) in [5.74, 6) is 0.674. The highest BCUT2D eigenvalue weighted by atomic mass is 16.5. The molecule has 23 heavy (non-hydrogen) atoms. The summed E-state index contributed by atoms with van der Waals surface area (Å²) in [5.41, 5.74) is 6.52. The maximum atomic E-state index is 11.8. The molecule has 0 heterocycles. The van der Waals surface area contributed by atoms with Crippen LogP contribution in [0.15, 0.2) is 18.2 Å². The summed E-state index contributed by atoms with van der Waals surface area (Å²) in [7, 11) is 3.12. The molecule has 0 aromatic heterocycles. The monoisotopic (exact) mass is 323 g/mol. The van der Waals surface area contributed by atoms with Gasteiger partial charge < -0.3 is 25.8 Å².